The van der Waals surface area contributed by atoms with E-state index in [9.17, 15) is 85.4 Å². The first-order valence-electron chi connectivity index (χ1n) is 32.0. The molecule has 2 aliphatic rings. The third-order valence-corrected chi connectivity index (χ3v) is 20.3. The molecule has 2 heterocycles. The van der Waals surface area contributed by atoms with Crippen molar-refractivity contribution in [3.8, 4) is 0 Å². The van der Waals surface area contributed by atoms with Crippen LogP contribution >= 0.6 is 0 Å². The van der Waals surface area contributed by atoms with Crippen molar-refractivity contribution in [2.24, 2.45) is 0 Å². The minimum Gasteiger partial charge on any atom is -0.492 e. The molecule has 2 aliphatic heterocycles. The van der Waals surface area contributed by atoms with Crippen molar-refractivity contribution in [3.05, 3.63) is 65.1 Å². The van der Waals surface area contributed by atoms with E-state index in [4.69, 9.17) is 9.47 Å². The van der Waals surface area contributed by atoms with Gasteiger partial charge >= 0.3 is 5.97 Å². The minimum absolute atomic E-state index is 0.120. The third-order valence-electron chi connectivity index (χ3n) is 17.2. The second-order valence-electron chi connectivity index (χ2n) is 24.5. The highest BCUT2D eigenvalue weighted by atomic mass is 32.2. The van der Waals surface area contributed by atoms with E-state index in [0.717, 1.165) is 84.4 Å². The first kappa shape index (κ1) is 80.7. The van der Waals surface area contributed by atoms with Gasteiger partial charge in [0.2, 0.25) is 40.9 Å². The average Bonchev–Trinajstić information content (AvgIpc) is 1.60. The van der Waals surface area contributed by atoms with E-state index in [2.05, 4.69) is 56.8 Å². The Morgan fingerprint density at radius 2 is 1.00 bits per heavy atom. The lowest BCUT2D eigenvalue weighted by Gasteiger charge is -2.24. The number of rotatable bonds is 45. The van der Waals surface area contributed by atoms with Crippen molar-refractivity contribution < 1.29 is 104 Å². The smallest absolute Gasteiger partial charge is 0.305 e. The fourth-order valence-corrected chi connectivity index (χ4v) is 14.4. The number of hydrogen-bond donors (Lipinski definition) is 9. The third kappa shape index (κ3) is 27.0. The summed E-state index contributed by atoms with van der Waals surface area (Å²) in [4.78, 5) is 88.3. The Hall–Kier alpha value is -6.73. The van der Waals surface area contributed by atoms with Gasteiger partial charge in [-0.25, -0.2) is 4.79 Å². The van der Waals surface area contributed by atoms with E-state index < -0.39 is 105 Å². The molecule has 5 atom stereocenters. The zero-order valence-corrected chi connectivity index (χ0v) is 58.3. The first-order chi connectivity index (χ1) is 44.5. The van der Waals surface area contributed by atoms with Gasteiger partial charge in [-0.1, -0.05) is 37.3 Å². The lowest BCUT2D eigenvalue weighted by Crippen LogP contribution is -2.60. The molecular formula is C63H95N7O21S4+2. The monoisotopic (exact) mass is 1410 g/mol. The number of nitrogens with one attached hydrogen (secondary N) is 5. The zero-order chi connectivity index (χ0) is 70.8. The Morgan fingerprint density at radius 3 is 1.52 bits per heavy atom. The van der Waals surface area contributed by atoms with Crippen molar-refractivity contribution in [2.45, 2.75) is 204 Å². The second-order valence-corrected chi connectivity index (χ2v) is 30.4. The van der Waals surface area contributed by atoms with Crippen LogP contribution in [0.1, 0.15) is 180 Å². The molecule has 0 bridgehead atoms. The molecule has 2 aromatic rings. The van der Waals surface area contributed by atoms with Gasteiger partial charge in [0.25, 0.3) is 40.5 Å². The number of benzene rings is 2. The summed E-state index contributed by atoms with van der Waals surface area (Å²) in [7, 11) is -19.8. The van der Waals surface area contributed by atoms with Gasteiger partial charge in [-0.2, -0.15) is 42.8 Å². The van der Waals surface area contributed by atoms with Crippen LogP contribution in [-0.2, 0) is 94.3 Å². The maximum absolute atomic E-state index is 13.6. The maximum atomic E-state index is 13.6. The average molecular weight is 1410 g/mol. The van der Waals surface area contributed by atoms with Crippen molar-refractivity contribution >= 4 is 105 Å². The molecule has 32 heteroatoms. The van der Waals surface area contributed by atoms with Crippen LogP contribution in [0.5, 0.6) is 0 Å². The van der Waals surface area contributed by atoms with E-state index in [-0.39, 0.29) is 61.0 Å². The summed E-state index contributed by atoms with van der Waals surface area (Å²) >= 11 is 0. The fourth-order valence-electron chi connectivity index (χ4n) is 11.9. The summed E-state index contributed by atoms with van der Waals surface area (Å²) in [5, 5.41) is 11.2. The molecular weight excluding hydrogens is 1320 g/mol. The Balaban J connectivity index is 1.25. The van der Waals surface area contributed by atoms with Crippen molar-refractivity contribution in [1.29, 1.82) is 0 Å². The standard InChI is InChI=1S/C63H93N7O21S4/c1-7-91-58(74)26-15-10-20-35-69-46(3)62(5,49-40-45(2)27-29-54(49)69)31-17-9-14-25-57(73)66-52(43-93(81,82)83)60(76)68-53(44-94(84,85)86)61(77)67-51(42-92(78,79)80)59(75)65-34-19-11-18-33-64-56(72)24-13-8-16-32-63(6)47(4)70(36-21-12-22-38-90-39-23-37-71)55-30-28-48(41-50(55)63)95(87,88)89/h27-30,39-41,51-53H,7-22,24-26,31-36,38,42-44H2,1-6H3,(H7-2,64,65,66,67,68,72,73,75,76,77,78,79,80,81,82,83,84,85,86,87,88,89)/p+2. The van der Waals surface area contributed by atoms with E-state index >= 15 is 0 Å². The fraction of sp³-hybridized carbons (Fsp3) is 0.635. The summed E-state index contributed by atoms with van der Waals surface area (Å²) in [6, 6.07) is 4.23. The van der Waals surface area contributed by atoms with Crippen LogP contribution in [0, 0.1) is 6.92 Å². The SMILES string of the molecule is CCOC(=O)CCCCC[N+]1=C(C)C(C)(CCCCCC(=O)NC(CS(=O)(=O)O)C(=O)NC(CS(=O)(=O)O)C(=O)NC(CS(=O)(=O)O)C(=O)NCCCCCNC(=O)CCCCCC2(C)C(C)=[N+](CCCCCOC=C=C=O)c3ccc(S(=O)(=O)O)cc32)c2cc(C)ccc21. The molecule has 0 radical (unpaired) electrons. The number of esters is 1. The molecule has 28 nitrogen and oxygen atoms in total. The number of amides is 5. The van der Waals surface area contributed by atoms with Crippen LogP contribution in [0.3, 0.4) is 0 Å². The molecule has 9 N–H and O–H groups in total. The number of unbranched alkanes of at least 4 members (excludes halogenated alkanes) is 10. The lowest BCUT2D eigenvalue weighted by atomic mass is 9.75. The van der Waals surface area contributed by atoms with E-state index in [1.807, 2.05) is 37.5 Å². The maximum Gasteiger partial charge on any atom is 0.305 e. The molecule has 0 aromatic heterocycles. The van der Waals surface area contributed by atoms with E-state index in [0.29, 0.717) is 90.4 Å². The number of fused-ring (bicyclic) bond motifs is 2. The Labute approximate surface area is 558 Å². The highest BCUT2D eigenvalue weighted by Crippen LogP contribution is 2.45. The number of nitrogens with zero attached hydrogens (tertiary/aromatic N) is 2. The van der Waals surface area contributed by atoms with E-state index in [1.165, 1.54) is 18.1 Å². The predicted molar refractivity (Wildman–Crippen MR) is 353 cm³/mol. The molecule has 4 rings (SSSR count). The summed E-state index contributed by atoms with van der Waals surface area (Å²) < 4.78 is 150. The van der Waals surface area contributed by atoms with Gasteiger partial charge in [-0.05, 0) is 117 Å². The molecule has 530 valence electrons. The van der Waals surface area contributed by atoms with Gasteiger partial charge in [-0.15, -0.1) is 0 Å². The van der Waals surface area contributed by atoms with Gasteiger partial charge in [0, 0.05) is 88.0 Å². The summed E-state index contributed by atoms with van der Waals surface area (Å²) in [6.07, 6.45) is 12.0. The Morgan fingerprint density at radius 1 is 0.547 bits per heavy atom. The zero-order valence-electron chi connectivity index (χ0n) is 55.0. The second kappa shape index (κ2) is 37.7. The largest absolute Gasteiger partial charge is 0.492 e. The van der Waals surface area contributed by atoms with Gasteiger partial charge in [0.05, 0.1) is 28.9 Å². The minimum atomic E-state index is -5.19. The molecule has 95 heavy (non-hydrogen) atoms. The van der Waals surface area contributed by atoms with Crippen LogP contribution in [0.4, 0.5) is 11.4 Å². The number of hydrogen-bond acceptors (Lipinski definition) is 17. The first-order valence-corrected chi connectivity index (χ1v) is 38.3. The lowest BCUT2D eigenvalue weighted by molar-refractivity contribution is -0.440. The molecule has 5 amide bonds. The number of carbonyl (C=O) groups excluding carboxylic acids is 7. The topological polar surface area (TPSA) is 422 Å². The number of aryl methyl sites for hydroxylation is 1. The molecule has 0 saturated carbocycles. The van der Waals surface area contributed by atoms with Gasteiger partial charge in [-0.3, -0.25) is 47.0 Å². The molecule has 2 aromatic carbocycles. The van der Waals surface area contributed by atoms with Crippen LogP contribution in [0.2, 0.25) is 0 Å². The van der Waals surface area contributed by atoms with Gasteiger partial charge < -0.3 is 36.1 Å². The van der Waals surface area contributed by atoms with Crippen molar-refractivity contribution in [2.75, 3.05) is 56.7 Å². The number of ether oxygens (including phenoxy) is 2. The quantitative estimate of drug-likeness (QED) is 0.00807. The van der Waals surface area contributed by atoms with Crippen LogP contribution in [0.25, 0.3) is 0 Å². The van der Waals surface area contributed by atoms with Crippen molar-refractivity contribution in [1.82, 2.24) is 26.6 Å². The number of carbonyl (C=O) groups is 6. The molecule has 0 aliphatic carbocycles. The van der Waals surface area contributed by atoms with Crippen LogP contribution in [-0.4, -0.2) is 189 Å². The Bertz CT molecular complexity index is 3680. The molecule has 0 spiro atoms. The molecule has 0 saturated heterocycles. The molecule has 5 unspecified atom stereocenters. The predicted octanol–water partition coefficient (Wildman–Crippen LogP) is 4.93. The van der Waals surface area contributed by atoms with E-state index in [1.54, 1.807) is 13.0 Å². The Kier molecular flexibility index (Phi) is 32.0. The van der Waals surface area contributed by atoms with Crippen LogP contribution in [0.15, 0.2) is 53.3 Å². The van der Waals surface area contributed by atoms with Gasteiger partial charge in [0.15, 0.2) is 17.4 Å². The summed E-state index contributed by atoms with van der Waals surface area (Å²) in [6.45, 7) is 14.3. The highest BCUT2D eigenvalue weighted by molar-refractivity contribution is 7.86. The molecule has 0 fully saturated rings. The van der Waals surface area contributed by atoms with Crippen LogP contribution < -0.4 is 26.6 Å². The summed E-state index contributed by atoms with van der Waals surface area (Å²) in [5.74, 6) is -8.61. The summed E-state index contributed by atoms with van der Waals surface area (Å²) in [5.41, 5.74) is 8.37. The van der Waals surface area contributed by atoms with Gasteiger partial charge in [0.1, 0.15) is 54.7 Å². The normalized spacial score (nSPS) is 17.1. The van der Waals surface area contributed by atoms with Crippen molar-refractivity contribution in [3.63, 3.8) is 0 Å². The highest BCUT2D eigenvalue weighted by Gasteiger charge is 2.48.